The van der Waals surface area contributed by atoms with Gasteiger partial charge in [0.15, 0.2) is 0 Å². The number of hydrogen-bond donors (Lipinski definition) is 1. The molecule has 0 atom stereocenters. The molecule has 1 aromatic heterocycles. The van der Waals surface area contributed by atoms with Crippen molar-refractivity contribution in [1.82, 2.24) is 9.78 Å². The molecule has 130 valence electrons. The number of benzene rings is 2. The first-order chi connectivity index (χ1) is 12.0. The van der Waals surface area contributed by atoms with E-state index in [4.69, 9.17) is 4.74 Å². The van der Waals surface area contributed by atoms with Gasteiger partial charge in [-0.1, -0.05) is 28.1 Å². The van der Waals surface area contributed by atoms with Gasteiger partial charge in [-0.25, -0.2) is 8.42 Å². The second-order valence-electron chi connectivity index (χ2n) is 5.30. The summed E-state index contributed by atoms with van der Waals surface area (Å²) in [6.07, 6.45) is 3.59. The monoisotopic (exact) mass is 421 g/mol. The first kappa shape index (κ1) is 17.5. The Morgan fingerprint density at radius 1 is 1.20 bits per heavy atom. The molecule has 25 heavy (non-hydrogen) atoms. The molecule has 0 aliphatic heterocycles. The van der Waals surface area contributed by atoms with E-state index in [1.54, 1.807) is 35.1 Å². The highest BCUT2D eigenvalue weighted by Crippen LogP contribution is 2.29. The molecule has 3 aromatic rings. The second-order valence-corrected chi connectivity index (χ2v) is 7.87. The lowest BCUT2D eigenvalue weighted by Crippen LogP contribution is -2.14. The first-order valence-electron chi connectivity index (χ1n) is 7.41. The lowest BCUT2D eigenvalue weighted by Gasteiger charge is -2.12. The molecule has 1 heterocycles. The van der Waals surface area contributed by atoms with Crippen LogP contribution in [0.1, 0.15) is 5.56 Å². The molecule has 6 nitrogen and oxygen atoms in total. The van der Waals surface area contributed by atoms with Crippen molar-refractivity contribution in [3.63, 3.8) is 0 Å². The highest BCUT2D eigenvalue weighted by molar-refractivity contribution is 9.10. The summed E-state index contributed by atoms with van der Waals surface area (Å²) in [6.45, 7) is 0.624. The Balaban J connectivity index is 1.80. The van der Waals surface area contributed by atoms with Crippen LogP contribution in [0.15, 0.2) is 70.3 Å². The van der Waals surface area contributed by atoms with Crippen LogP contribution in [0.5, 0.6) is 5.75 Å². The van der Waals surface area contributed by atoms with Crippen LogP contribution in [-0.4, -0.2) is 25.3 Å². The predicted molar refractivity (Wildman–Crippen MR) is 99.3 cm³/mol. The average molecular weight is 422 g/mol. The zero-order valence-electron chi connectivity index (χ0n) is 13.4. The molecule has 8 heteroatoms. The minimum absolute atomic E-state index is 0.0741. The number of rotatable bonds is 6. The van der Waals surface area contributed by atoms with Crippen molar-refractivity contribution in [3.05, 3.63) is 71.0 Å². The Morgan fingerprint density at radius 3 is 2.60 bits per heavy atom. The van der Waals surface area contributed by atoms with E-state index in [1.165, 1.54) is 13.2 Å². The van der Waals surface area contributed by atoms with Crippen molar-refractivity contribution >= 4 is 31.6 Å². The van der Waals surface area contributed by atoms with Gasteiger partial charge < -0.3 is 4.74 Å². The molecule has 0 spiro atoms. The van der Waals surface area contributed by atoms with E-state index in [0.717, 1.165) is 5.56 Å². The van der Waals surface area contributed by atoms with E-state index in [0.29, 0.717) is 16.7 Å². The fourth-order valence-corrected chi connectivity index (χ4v) is 4.10. The molecule has 0 fully saturated rings. The van der Waals surface area contributed by atoms with Gasteiger partial charge in [-0.3, -0.25) is 9.40 Å². The van der Waals surface area contributed by atoms with Crippen molar-refractivity contribution in [2.24, 2.45) is 0 Å². The van der Waals surface area contributed by atoms with Gasteiger partial charge in [-0.2, -0.15) is 5.10 Å². The van der Waals surface area contributed by atoms with Crippen LogP contribution >= 0.6 is 15.9 Å². The third-order valence-corrected chi connectivity index (χ3v) is 5.42. The standard InChI is InChI=1S/C17H16BrN3O3S/c1-24-16-8-5-14(18)11-17(16)25(22,23)20-15-6-3-13(4-7-15)12-21-10-2-9-19-21/h2-11,20H,12H2,1H3. The van der Waals surface area contributed by atoms with Crippen molar-refractivity contribution in [2.75, 3.05) is 11.8 Å². The quantitative estimate of drug-likeness (QED) is 0.660. The maximum absolute atomic E-state index is 12.6. The van der Waals surface area contributed by atoms with E-state index in [1.807, 2.05) is 24.4 Å². The molecule has 3 rings (SSSR count). The largest absolute Gasteiger partial charge is 0.495 e. The summed E-state index contributed by atoms with van der Waals surface area (Å²) in [6, 6.07) is 13.9. The Hall–Kier alpha value is -2.32. The minimum atomic E-state index is -3.76. The first-order valence-corrected chi connectivity index (χ1v) is 9.68. The van der Waals surface area contributed by atoms with Gasteiger partial charge >= 0.3 is 0 Å². The van der Waals surface area contributed by atoms with Crippen molar-refractivity contribution in [2.45, 2.75) is 11.4 Å². The van der Waals surface area contributed by atoms with Crippen LogP contribution in [0.3, 0.4) is 0 Å². The Labute approximate surface area is 154 Å². The summed E-state index contributed by atoms with van der Waals surface area (Å²) < 4.78 is 35.5. The van der Waals surface area contributed by atoms with Crippen LogP contribution in [-0.2, 0) is 16.6 Å². The van der Waals surface area contributed by atoms with E-state index < -0.39 is 10.0 Å². The maximum Gasteiger partial charge on any atom is 0.265 e. The number of nitrogens with one attached hydrogen (secondary N) is 1. The SMILES string of the molecule is COc1ccc(Br)cc1S(=O)(=O)Nc1ccc(Cn2cccn2)cc1. The van der Waals surface area contributed by atoms with Crippen LogP contribution in [0.25, 0.3) is 0 Å². The molecule has 0 amide bonds. The van der Waals surface area contributed by atoms with Gasteiger partial charge in [0, 0.05) is 22.6 Å². The summed E-state index contributed by atoms with van der Waals surface area (Å²) in [5, 5.41) is 4.15. The van der Waals surface area contributed by atoms with Crippen molar-refractivity contribution in [3.8, 4) is 5.75 Å². The lowest BCUT2D eigenvalue weighted by molar-refractivity contribution is 0.403. The Morgan fingerprint density at radius 2 is 1.96 bits per heavy atom. The van der Waals surface area contributed by atoms with Gasteiger partial charge in [-0.05, 0) is 42.0 Å². The number of ether oxygens (including phenoxy) is 1. The van der Waals surface area contributed by atoms with Gasteiger partial charge in [0.1, 0.15) is 10.6 Å². The number of anilines is 1. The number of nitrogens with zero attached hydrogens (tertiary/aromatic N) is 2. The Bertz CT molecular complexity index is 955. The summed E-state index contributed by atoms with van der Waals surface area (Å²) in [7, 11) is -2.33. The fourth-order valence-electron chi connectivity index (χ4n) is 2.33. The maximum atomic E-state index is 12.6. The summed E-state index contributed by atoms with van der Waals surface area (Å²) in [4.78, 5) is 0.0741. The van der Waals surface area contributed by atoms with E-state index in [-0.39, 0.29) is 10.6 Å². The number of halogens is 1. The van der Waals surface area contributed by atoms with Crippen LogP contribution < -0.4 is 9.46 Å². The molecule has 0 aliphatic rings. The van der Waals surface area contributed by atoms with Gasteiger partial charge in [-0.15, -0.1) is 0 Å². The molecular formula is C17H16BrN3O3S. The minimum Gasteiger partial charge on any atom is -0.495 e. The molecule has 0 radical (unpaired) electrons. The van der Waals surface area contributed by atoms with Gasteiger partial charge in [0.25, 0.3) is 10.0 Å². The Kier molecular flexibility index (Phi) is 5.10. The number of sulfonamides is 1. The topological polar surface area (TPSA) is 73.2 Å². The smallest absolute Gasteiger partial charge is 0.265 e. The highest BCUT2D eigenvalue weighted by Gasteiger charge is 2.20. The molecule has 0 saturated heterocycles. The van der Waals surface area contributed by atoms with Crippen LogP contribution in [0.4, 0.5) is 5.69 Å². The number of methoxy groups -OCH3 is 1. The molecule has 0 saturated carbocycles. The zero-order chi connectivity index (χ0) is 17.9. The molecule has 0 unspecified atom stereocenters. The normalized spacial score (nSPS) is 11.3. The van der Waals surface area contributed by atoms with E-state index in [9.17, 15) is 8.42 Å². The summed E-state index contributed by atoms with van der Waals surface area (Å²) in [5.41, 5.74) is 1.50. The van der Waals surface area contributed by atoms with Gasteiger partial charge in [0.2, 0.25) is 0 Å². The number of hydrogen-bond acceptors (Lipinski definition) is 4. The highest BCUT2D eigenvalue weighted by atomic mass is 79.9. The van der Waals surface area contributed by atoms with Gasteiger partial charge in [0.05, 0.1) is 13.7 Å². The summed E-state index contributed by atoms with van der Waals surface area (Å²) in [5.74, 6) is 0.283. The van der Waals surface area contributed by atoms with Crippen LogP contribution in [0.2, 0.25) is 0 Å². The van der Waals surface area contributed by atoms with E-state index >= 15 is 0 Å². The number of aromatic nitrogens is 2. The zero-order valence-corrected chi connectivity index (χ0v) is 15.8. The molecule has 0 aliphatic carbocycles. The predicted octanol–water partition coefficient (Wildman–Crippen LogP) is 3.50. The molecular weight excluding hydrogens is 406 g/mol. The van der Waals surface area contributed by atoms with Crippen molar-refractivity contribution in [1.29, 1.82) is 0 Å². The third-order valence-electron chi connectivity index (χ3n) is 3.53. The molecule has 1 N–H and O–H groups in total. The lowest BCUT2D eigenvalue weighted by atomic mass is 10.2. The molecule has 2 aromatic carbocycles. The third kappa shape index (κ3) is 4.21. The van der Waals surface area contributed by atoms with E-state index in [2.05, 4.69) is 25.8 Å². The fraction of sp³-hybridized carbons (Fsp3) is 0.118. The van der Waals surface area contributed by atoms with Crippen molar-refractivity contribution < 1.29 is 13.2 Å². The molecule has 0 bridgehead atoms. The second kappa shape index (κ2) is 7.28. The van der Waals surface area contributed by atoms with Crippen LogP contribution in [0, 0.1) is 0 Å². The summed E-state index contributed by atoms with van der Waals surface area (Å²) >= 11 is 3.29. The average Bonchev–Trinajstić information content (AvgIpc) is 3.09.